The van der Waals surface area contributed by atoms with Gasteiger partial charge in [0.05, 0.1) is 4.92 Å². The highest BCUT2D eigenvalue weighted by molar-refractivity contribution is 5.70. The van der Waals surface area contributed by atoms with Gasteiger partial charge in [0.2, 0.25) is 0 Å². The average molecular weight is 237 g/mol. The monoisotopic (exact) mass is 237 g/mol. The third-order valence-corrected chi connectivity index (χ3v) is 2.00. The predicted molar refractivity (Wildman–Crippen MR) is 65.3 cm³/mol. The molecule has 7 heteroatoms. The lowest BCUT2D eigenvalue weighted by Gasteiger charge is -2.02. The Hall–Kier alpha value is -2.18. The molecule has 0 aliphatic heterocycles. The van der Waals surface area contributed by atoms with E-state index in [9.17, 15) is 10.1 Å². The molecule has 1 N–H and O–H groups in total. The minimum atomic E-state index is -0.455. The first-order chi connectivity index (χ1) is 8.11. The summed E-state index contributed by atoms with van der Waals surface area (Å²) >= 11 is 0. The van der Waals surface area contributed by atoms with Gasteiger partial charge in [0.15, 0.2) is 5.82 Å². The van der Waals surface area contributed by atoms with Crippen LogP contribution in [0.15, 0.2) is 12.3 Å². The van der Waals surface area contributed by atoms with Crippen molar-refractivity contribution < 1.29 is 4.92 Å². The number of aromatic nitrogens is 3. The second kappa shape index (κ2) is 5.24. The molecular weight excluding hydrogens is 222 g/mol. The van der Waals surface area contributed by atoms with Gasteiger partial charge in [0.25, 0.3) is 5.69 Å². The molecule has 2 rings (SSSR count). The quantitative estimate of drug-likeness (QED) is 0.637. The molecule has 0 saturated carbocycles. The summed E-state index contributed by atoms with van der Waals surface area (Å²) in [6.45, 7) is 5.73. The van der Waals surface area contributed by atoms with Crippen LogP contribution in [0, 0.1) is 17.0 Å². The van der Waals surface area contributed by atoms with Crippen LogP contribution < -0.4 is 5.32 Å². The largest absolute Gasteiger partial charge is 0.371 e. The summed E-state index contributed by atoms with van der Waals surface area (Å²) < 4.78 is 1.45. The molecule has 0 radical (unpaired) electrons. The van der Waals surface area contributed by atoms with Gasteiger partial charge in [0, 0.05) is 13.1 Å². The lowest BCUT2D eigenvalue weighted by Crippen LogP contribution is -2.02. The summed E-state index contributed by atoms with van der Waals surface area (Å²) in [6, 6.07) is 1.44. The van der Waals surface area contributed by atoms with Crippen LogP contribution in [0.3, 0.4) is 0 Å². The fourth-order valence-corrected chi connectivity index (χ4v) is 1.38. The first kappa shape index (κ1) is 12.9. The van der Waals surface area contributed by atoms with Gasteiger partial charge in [-0.25, -0.2) is 9.50 Å². The topological polar surface area (TPSA) is 85.4 Å². The molecule has 0 unspecified atom stereocenters. The van der Waals surface area contributed by atoms with Crippen LogP contribution in [-0.4, -0.2) is 26.6 Å². The van der Waals surface area contributed by atoms with Gasteiger partial charge < -0.3 is 5.32 Å². The second-order valence-corrected chi connectivity index (χ2v) is 3.04. The van der Waals surface area contributed by atoms with Crippen LogP contribution in [0.25, 0.3) is 5.52 Å². The molecule has 2 aromatic rings. The van der Waals surface area contributed by atoms with E-state index in [0.29, 0.717) is 17.2 Å². The molecule has 0 aliphatic carbocycles. The van der Waals surface area contributed by atoms with Crippen molar-refractivity contribution in [3.05, 3.63) is 28.2 Å². The average Bonchev–Trinajstić information content (AvgIpc) is 2.74. The van der Waals surface area contributed by atoms with Crippen molar-refractivity contribution >= 4 is 17.0 Å². The molecule has 92 valence electrons. The van der Waals surface area contributed by atoms with Gasteiger partial charge in [0.1, 0.15) is 17.5 Å². The van der Waals surface area contributed by atoms with E-state index in [0.717, 1.165) is 0 Å². The zero-order valence-electron chi connectivity index (χ0n) is 10.3. The minimum Gasteiger partial charge on any atom is -0.371 e. The lowest BCUT2D eigenvalue weighted by atomic mass is 10.4. The van der Waals surface area contributed by atoms with Crippen LogP contribution >= 0.6 is 0 Å². The van der Waals surface area contributed by atoms with Crippen LogP contribution in [0.5, 0.6) is 0 Å². The van der Waals surface area contributed by atoms with Gasteiger partial charge in [-0.3, -0.25) is 10.1 Å². The molecule has 0 amide bonds. The van der Waals surface area contributed by atoms with Crippen molar-refractivity contribution in [1.82, 2.24) is 14.6 Å². The Labute approximate surface area is 98.6 Å². The van der Waals surface area contributed by atoms with Crippen LogP contribution in [0.4, 0.5) is 11.5 Å². The van der Waals surface area contributed by atoms with E-state index in [2.05, 4.69) is 15.4 Å². The number of hydrogen-bond donors (Lipinski definition) is 1. The molecule has 17 heavy (non-hydrogen) atoms. The Bertz CT molecular complexity index is 535. The van der Waals surface area contributed by atoms with E-state index in [1.807, 2.05) is 13.8 Å². The number of hydrogen-bond acceptors (Lipinski definition) is 5. The number of fused-ring (bicyclic) bond motifs is 1. The summed E-state index contributed by atoms with van der Waals surface area (Å²) in [5.74, 6) is 1.13. The highest BCUT2D eigenvalue weighted by atomic mass is 16.6. The summed E-state index contributed by atoms with van der Waals surface area (Å²) in [5, 5.41) is 17.5. The molecule has 0 aromatic carbocycles. The number of rotatable bonds is 2. The third kappa shape index (κ3) is 2.49. The van der Waals surface area contributed by atoms with Gasteiger partial charge in [-0.05, 0) is 6.92 Å². The minimum absolute atomic E-state index is 0.00593. The predicted octanol–water partition coefficient (Wildman–Crippen LogP) is 2.01. The molecular formula is C10H15N5O2. The Kier molecular flexibility index (Phi) is 3.97. The molecule has 0 atom stereocenters. The molecule has 0 fully saturated rings. The summed E-state index contributed by atoms with van der Waals surface area (Å²) in [6.07, 6.45) is 1.37. The summed E-state index contributed by atoms with van der Waals surface area (Å²) in [4.78, 5) is 14.3. The number of anilines is 1. The van der Waals surface area contributed by atoms with Crippen LogP contribution in [0.1, 0.15) is 19.7 Å². The van der Waals surface area contributed by atoms with Gasteiger partial charge in [-0.2, -0.15) is 5.10 Å². The first-order valence-electron chi connectivity index (χ1n) is 5.31. The van der Waals surface area contributed by atoms with Crippen molar-refractivity contribution in [3.8, 4) is 0 Å². The fraction of sp³-hybridized carbons (Fsp3) is 0.400. The highest BCUT2D eigenvalue weighted by Gasteiger charge is 2.13. The molecule has 2 aromatic heterocycles. The van der Waals surface area contributed by atoms with Crippen LogP contribution in [0.2, 0.25) is 0 Å². The Morgan fingerprint density at radius 2 is 2.12 bits per heavy atom. The first-order valence-corrected chi connectivity index (χ1v) is 5.31. The maximum atomic E-state index is 10.6. The molecule has 0 spiro atoms. The smallest absolute Gasteiger partial charge is 0.289 e. The lowest BCUT2D eigenvalue weighted by molar-refractivity contribution is -0.384. The Balaban J connectivity index is 0.000000686. The van der Waals surface area contributed by atoms with E-state index >= 15 is 0 Å². The maximum Gasteiger partial charge on any atom is 0.289 e. The van der Waals surface area contributed by atoms with Crippen molar-refractivity contribution in [2.45, 2.75) is 20.8 Å². The zero-order chi connectivity index (χ0) is 13.0. The van der Waals surface area contributed by atoms with E-state index in [1.165, 1.54) is 16.8 Å². The highest BCUT2D eigenvalue weighted by Crippen LogP contribution is 2.21. The van der Waals surface area contributed by atoms with Gasteiger partial charge in [-0.1, -0.05) is 13.8 Å². The Morgan fingerprint density at radius 3 is 2.65 bits per heavy atom. The normalized spacial score (nSPS) is 9.65. The van der Waals surface area contributed by atoms with E-state index < -0.39 is 4.92 Å². The summed E-state index contributed by atoms with van der Waals surface area (Å²) in [5.41, 5.74) is 0.598. The number of nitro groups is 1. The third-order valence-electron chi connectivity index (χ3n) is 2.00. The van der Waals surface area contributed by atoms with Crippen molar-refractivity contribution in [2.75, 3.05) is 12.4 Å². The van der Waals surface area contributed by atoms with Crippen LogP contribution in [-0.2, 0) is 0 Å². The molecule has 2 heterocycles. The molecule has 0 aliphatic rings. The fourth-order valence-electron chi connectivity index (χ4n) is 1.38. The SMILES string of the molecule is CC.CNc1nc(C)nn2cc([N+](=O)[O-])cc12. The van der Waals surface area contributed by atoms with Crippen molar-refractivity contribution in [3.63, 3.8) is 0 Å². The zero-order valence-corrected chi connectivity index (χ0v) is 10.3. The Morgan fingerprint density at radius 1 is 1.47 bits per heavy atom. The maximum absolute atomic E-state index is 10.6. The van der Waals surface area contributed by atoms with E-state index in [-0.39, 0.29) is 5.69 Å². The molecule has 0 bridgehead atoms. The van der Waals surface area contributed by atoms with E-state index in [1.54, 1.807) is 14.0 Å². The van der Waals surface area contributed by atoms with Gasteiger partial charge in [-0.15, -0.1) is 0 Å². The molecule has 7 nitrogen and oxygen atoms in total. The second-order valence-electron chi connectivity index (χ2n) is 3.04. The van der Waals surface area contributed by atoms with Crippen molar-refractivity contribution in [2.24, 2.45) is 0 Å². The van der Waals surface area contributed by atoms with E-state index in [4.69, 9.17) is 0 Å². The number of nitrogens with one attached hydrogen (secondary N) is 1. The summed E-state index contributed by atoms with van der Waals surface area (Å²) in [7, 11) is 1.71. The molecule has 0 saturated heterocycles. The number of aryl methyl sites for hydroxylation is 1. The number of nitrogens with zero attached hydrogens (tertiary/aromatic N) is 4. The van der Waals surface area contributed by atoms with Crippen molar-refractivity contribution in [1.29, 1.82) is 0 Å². The standard InChI is InChI=1S/C8H9N5O2.C2H6/c1-5-10-8(9-2)7-3-6(13(14)15)4-12(7)11-5;1-2/h3-4H,1-2H3,(H,9,10,11);1-2H3. The van der Waals surface area contributed by atoms with Gasteiger partial charge >= 0.3 is 0 Å².